The second-order valence-corrected chi connectivity index (χ2v) is 6.21. The van der Waals surface area contributed by atoms with Crippen LogP contribution in [0.1, 0.15) is 17.8 Å². The largest absolute Gasteiger partial charge is 0.326 e. The van der Waals surface area contributed by atoms with Crippen LogP contribution < -0.4 is 11.1 Å². The van der Waals surface area contributed by atoms with Gasteiger partial charge in [0, 0.05) is 20.8 Å². The number of thiophene rings is 1. The van der Waals surface area contributed by atoms with E-state index in [0.717, 1.165) is 9.35 Å². The molecular weight excluding hydrogens is 318 g/mol. The van der Waals surface area contributed by atoms with Gasteiger partial charge in [-0.15, -0.1) is 11.3 Å². The van der Waals surface area contributed by atoms with Crippen LogP contribution in [0.5, 0.6) is 0 Å². The Morgan fingerprint density at radius 1 is 1.44 bits per heavy atom. The van der Waals surface area contributed by atoms with Gasteiger partial charge in [0.2, 0.25) is 11.8 Å². The Balaban J connectivity index is 2.25. The molecule has 98 valence electrons. The van der Waals surface area contributed by atoms with Gasteiger partial charge in [0.05, 0.1) is 19.1 Å². The smallest absolute Gasteiger partial charge is 0.240 e. The fourth-order valence-corrected chi connectivity index (χ4v) is 3.80. The maximum absolute atomic E-state index is 11.4. The van der Waals surface area contributed by atoms with Crippen LogP contribution in [-0.4, -0.2) is 35.8 Å². The number of carbonyl (C=O) groups excluding carboxylic acids is 2. The summed E-state index contributed by atoms with van der Waals surface area (Å²) >= 11 is 4.97. The zero-order chi connectivity index (χ0) is 13.3. The number of halogens is 1. The first-order valence-corrected chi connectivity index (χ1v) is 7.21. The summed E-state index contributed by atoms with van der Waals surface area (Å²) in [5.41, 5.74) is 6.01. The third-order valence-electron chi connectivity index (χ3n) is 2.74. The van der Waals surface area contributed by atoms with Crippen molar-refractivity contribution in [2.75, 3.05) is 13.1 Å². The number of rotatable bonds is 3. The maximum atomic E-state index is 11.4. The monoisotopic (exact) mass is 331 g/mol. The Bertz CT molecular complexity index is 459. The minimum Gasteiger partial charge on any atom is -0.326 e. The second kappa shape index (κ2) is 5.48. The highest BCUT2D eigenvalue weighted by Crippen LogP contribution is 2.31. The molecule has 0 aromatic carbocycles. The molecule has 2 heterocycles. The molecule has 1 saturated heterocycles. The number of hydrogen-bond acceptors (Lipinski definition) is 5. The van der Waals surface area contributed by atoms with Crippen LogP contribution in [0, 0.1) is 0 Å². The van der Waals surface area contributed by atoms with Crippen molar-refractivity contribution in [3.8, 4) is 0 Å². The summed E-state index contributed by atoms with van der Waals surface area (Å²) in [5, 5.41) is 4.26. The van der Waals surface area contributed by atoms with Crippen LogP contribution in [0.3, 0.4) is 0 Å². The predicted octanol–water partition coefficient (Wildman–Crippen LogP) is 0.857. The van der Waals surface area contributed by atoms with Crippen LogP contribution in [-0.2, 0) is 9.59 Å². The predicted molar refractivity (Wildman–Crippen MR) is 73.1 cm³/mol. The van der Waals surface area contributed by atoms with E-state index in [0.29, 0.717) is 0 Å². The van der Waals surface area contributed by atoms with E-state index < -0.39 is 0 Å². The van der Waals surface area contributed by atoms with Crippen molar-refractivity contribution in [1.29, 1.82) is 0 Å². The van der Waals surface area contributed by atoms with Crippen molar-refractivity contribution in [2.24, 2.45) is 5.73 Å². The van der Waals surface area contributed by atoms with Gasteiger partial charge in [0.25, 0.3) is 0 Å². The van der Waals surface area contributed by atoms with E-state index in [1.54, 1.807) is 11.3 Å². The number of amides is 2. The van der Waals surface area contributed by atoms with Crippen LogP contribution in [0.15, 0.2) is 15.9 Å². The zero-order valence-electron chi connectivity index (χ0n) is 9.85. The van der Waals surface area contributed by atoms with E-state index in [-0.39, 0.29) is 37.0 Å². The fourth-order valence-electron chi connectivity index (χ4n) is 2.11. The van der Waals surface area contributed by atoms with Crippen LogP contribution in [0.2, 0.25) is 0 Å². The maximum Gasteiger partial charge on any atom is 0.240 e. The standard InChI is InChI=1S/C11H14BrN3O2S/c1-6(13)11(8-2-7(12)5-18-8)15-3-9(16)14-10(17)4-15/h2,5-6,11H,3-4,13H2,1H3,(H,14,16,17). The molecular formula is C11H14BrN3O2S. The van der Waals surface area contributed by atoms with Gasteiger partial charge in [-0.1, -0.05) is 0 Å². The molecule has 2 unspecified atom stereocenters. The molecule has 7 heteroatoms. The number of piperazine rings is 1. The third kappa shape index (κ3) is 2.97. The molecule has 0 aliphatic carbocycles. The van der Waals surface area contributed by atoms with Gasteiger partial charge in [-0.2, -0.15) is 0 Å². The summed E-state index contributed by atoms with van der Waals surface area (Å²) in [5.74, 6) is -0.542. The molecule has 2 amide bonds. The molecule has 1 aromatic rings. The lowest BCUT2D eigenvalue weighted by molar-refractivity contribution is -0.137. The van der Waals surface area contributed by atoms with E-state index in [4.69, 9.17) is 5.73 Å². The molecule has 1 aliphatic heterocycles. The fraction of sp³-hybridized carbons (Fsp3) is 0.455. The summed E-state index contributed by atoms with van der Waals surface area (Å²) < 4.78 is 0.987. The van der Waals surface area contributed by atoms with Crippen LogP contribution in [0.4, 0.5) is 0 Å². The summed E-state index contributed by atoms with van der Waals surface area (Å²) in [6.07, 6.45) is 0. The first-order chi connectivity index (χ1) is 8.47. The van der Waals surface area contributed by atoms with E-state index in [2.05, 4.69) is 21.2 Å². The minimum absolute atomic E-state index is 0.115. The molecule has 18 heavy (non-hydrogen) atoms. The Morgan fingerprint density at radius 3 is 2.50 bits per heavy atom. The first-order valence-electron chi connectivity index (χ1n) is 5.53. The van der Waals surface area contributed by atoms with E-state index >= 15 is 0 Å². The average Bonchev–Trinajstić information content (AvgIpc) is 2.62. The molecule has 1 aliphatic rings. The van der Waals surface area contributed by atoms with E-state index in [1.165, 1.54) is 0 Å². The summed E-state index contributed by atoms with van der Waals surface area (Å²) in [6, 6.07) is 1.71. The lowest BCUT2D eigenvalue weighted by Gasteiger charge is -2.34. The van der Waals surface area contributed by atoms with Gasteiger partial charge in [0.15, 0.2) is 0 Å². The van der Waals surface area contributed by atoms with Crippen LogP contribution >= 0.6 is 27.3 Å². The molecule has 0 saturated carbocycles. The Kier molecular flexibility index (Phi) is 4.16. The number of imide groups is 1. The Labute approximate surface area is 117 Å². The van der Waals surface area contributed by atoms with Crippen molar-refractivity contribution in [3.05, 3.63) is 20.8 Å². The lowest BCUT2D eigenvalue weighted by atomic mass is 10.1. The number of carbonyl (C=O) groups is 2. The highest BCUT2D eigenvalue weighted by molar-refractivity contribution is 9.10. The van der Waals surface area contributed by atoms with Crippen molar-refractivity contribution in [2.45, 2.75) is 19.0 Å². The summed E-state index contributed by atoms with van der Waals surface area (Å²) in [4.78, 5) is 25.7. The molecule has 0 radical (unpaired) electrons. The Morgan fingerprint density at radius 2 is 2.06 bits per heavy atom. The molecule has 2 atom stereocenters. The quantitative estimate of drug-likeness (QED) is 0.805. The molecule has 1 aromatic heterocycles. The topological polar surface area (TPSA) is 75.4 Å². The first kappa shape index (κ1) is 13.7. The lowest BCUT2D eigenvalue weighted by Crippen LogP contribution is -2.54. The molecule has 2 rings (SSSR count). The average molecular weight is 332 g/mol. The number of nitrogens with two attached hydrogens (primary N) is 1. The number of nitrogens with one attached hydrogen (secondary N) is 1. The summed E-state index contributed by atoms with van der Waals surface area (Å²) in [7, 11) is 0. The van der Waals surface area contributed by atoms with Crippen molar-refractivity contribution < 1.29 is 9.59 Å². The summed E-state index contributed by atoms with van der Waals surface area (Å²) in [6.45, 7) is 2.29. The van der Waals surface area contributed by atoms with Gasteiger partial charge in [0.1, 0.15) is 0 Å². The van der Waals surface area contributed by atoms with Gasteiger partial charge < -0.3 is 5.73 Å². The van der Waals surface area contributed by atoms with Crippen molar-refractivity contribution >= 4 is 39.1 Å². The molecule has 0 bridgehead atoms. The third-order valence-corrected chi connectivity index (χ3v) is 4.51. The minimum atomic E-state index is -0.271. The van der Waals surface area contributed by atoms with Gasteiger partial charge in [-0.25, -0.2) is 0 Å². The Hall–Kier alpha value is -0.760. The normalized spacial score (nSPS) is 20.6. The molecule has 1 fully saturated rings. The molecule has 3 N–H and O–H groups in total. The van der Waals surface area contributed by atoms with Gasteiger partial charge in [-0.05, 0) is 28.9 Å². The molecule has 5 nitrogen and oxygen atoms in total. The van der Waals surface area contributed by atoms with Gasteiger partial charge in [-0.3, -0.25) is 19.8 Å². The van der Waals surface area contributed by atoms with Crippen molar-refractivity contribution in [3.63, 3.8) is 0 Å². The van der Waals surface area contributed by atoms with Crippen LogP contribution in [0.25, 0.3) is 0 Å². The van der Waals surface area contributed by atoms with E-state index in [9.17, 15) is 9.59 Å². The zero-order valence-corrected chi connectivity index (χ0v) is 12.3. The van der Waals surface area contributed by atoms with Crippen molar-refractivity contribution in [1.82, 2.24) is 10.2 Å². The molecule has 0 spiro atoms. The second-order valence-electron chi connectivity index (χ2n) is 4.35. The van der Waals surface area contributed by atoms with E-state index in [1.807, 2.05) is 23.3 Å². The number of hydrogen-bond donors (Lipinski definition) is 2. The highest BCUT2D eigenvalue weighted by Gasteiger charge is 2.32. The highest BCUT2D eigenvalue weighted by atomic mass is 79.9. The SMILES string of the molecule is CC(N)C(c1cc(Br)cs1)N1CC(=O)NC(=O)C1. The van der Waals surface area contributed by atoms with Gasteiger partial charge >= 0.3 is 0 Å². The number of nitrogens with zero attached hydrogens (tertiary/aromatic N) is 1.